The van der Waals surface area contributed by atoms with Crippen molar-refractivity contribution in [1.82, 2.24) is 9.78 Å². The highest BCUT2D eigenvalue weighted by atomic mass is 127. The number of rotatable bonds is 2. The number of aromatic nitrogens is 2. The van der Waals surface area contributed by atoms with Crippen LogP contribution in [0.2, 0.25) is 0 Å². The molecular formula is C11H8F3IN2. The molecule has 0 saturated heterocycles. The van der Waals surface area contributed by atoms with Crippen LogP contribution in [0.4, 0.5) is 13.2 Å². The van der Waals surface area contributed by atoms with Gasteiger partial charge in [-0.25, -0.2) is 0 Å². The van der Waals surface area contributed by atoms with Crippen LogP contribution in [0.25, 0.3) is 0 Å². The van der Waals surface area contributed by atoms with Crippen molar-refractivity contribution in [3.63, 3.8) is 0 Å². The average Bonchev–Trinajstić information content (AvgIpc) is 2.69. The van der Waals surface area contributed by atoms with Gasteiger partial charge in [-0.05, 0) is 40.3 Å². The van der Waals surface area contributed by atoms with E-state index in [2.05, 4.69) is 27.7 Å². The largest absolute Gasteiger partial charge is 0.419 e. The van der Waals surface area contributed by atoms with Gasteiger partial charge in [-0.2, -0.15) is 18.3 Å². The van der Waals surface area contributed by atoms with Gasteiger partial charge in [-0.15, -0.1) is 0 Å². The normalized spacial score (nSPS) is 11.8. The summed E-state index contributed by atoms with van der Waals surface area (Å²) in [5.41, 5.74) is 0.199. The number of hydrogen-bond donors (Lipinski definition) is 0. The van der Waals surface area contributed by atoms with Crippen LogP contribution in [-0.4, -0.2) is 9.78 Å². The summed E-state index contributed by atoms with van der Waals surface area (Å²) >= 11 is 2.17. The summed E-state index contributed by atoms with van der Waals surface area (Å²) in [6.07, 6.45) is -2.48. The first kappa shape index (κ1) is 12.4. The lowest BCUT2D eigenvalue weighted by Crippen LogP contribution is -2.04. The maximum absolute atomic E-state index is 12.3. The van der Waals surface area contributed by atoms with E-state index in [0.717, 1.165) is 21.5 Å². The number of alkyl halides is 3. The molecule has 0 saturated carbocycles. The molecule has 1 aromatic heterocycles. The zero-order chi connectivity index (χ0) is 12.5. The highest BCUT2D eigenvalue weighted by molar-refractivity contribution is 14.1. The van der Waals surface area contributed by atoms with Gasteiger partial charge in [-0.1, -0.05) is 12.1 Å². The van der Waals surface area contributed by atoms with Gasteiger partial charge in [0.25, 0.3) is 0 Å². The molecule has 0 aliphatic heterocycles. The third kappa shape index (κ3) is 3.21. The van der Waals surface area contributed by atoms with Gasteiger partial charge in [0.05, 0.1) is 18.3 Å². The average molecular weight is 352 g/mol. The van der Waals surface area contributed by atoms with E-state index in [1.54, 1.807) is 0 Å². The Morgan fingerprint density at radius 1 is 1.18 bits per heavy atom. The number of hydrogen-bond acceptors (Lipinski definition) is 1. The second-order valence-electron chi connectivity index (χ2n) is 3.55. The Morgan fingerprint density at radius 2 is 1.82 bits per heavy atom. The van der Waals surface area contributed by atoms with Crippen LogP contribution in [0.3, 0.4) is 0 Å². The Morgan fingerprint density at radius 3 is 2.35 bits per heavy atom. The Hall–Kier alpha value is -1.05. The van der Waals surface area contributed by atoms with Gasteiger partial charge in [0.15, 0.2) is 0 Å². The van der Waals surface area contributed by atoms with E-state index in [1.807, 2.05) is 24.3 Å². The topological polar surface area (TPSA) is 17.8 Å². The van der Waals surface area contributed by atoms with Crippen molar-refractivity contribution in [2.24, 2.45) is 0 Å². The van der Waals surface area contributed by atoms with Crippen LogP contribution in [0.15, 0.2) is 36.7 Å². The fourth-order valence-electron chi connectivity index (χ4n) is 1.37. The summed E-state index contributed by atoms with van der Waals surface area (Å²) in [6, 6.07) is 7.56. The van der Waals surface area contributed by atoms with E-state index in [0.29, 0.717) is 6.54 Å². The second kappa shape index (κ2) is 4.67. The Labute approximate surface area is 110 Å². The Kier molecular flexibility index (Phi) is 3.41. The van der Waals surface area contributed by atoms with E-state index in [9.17, 15) is 13.2 Å². The molecular weight excluding hydrogens is 344 g/mol. The molecule has 0 amide bonds. The fraction of sp³-hybridized carbons (Fsp3) is 0.182. The van der Waals surface area contributed by atoms with E-state index < -0.39 is 11.7 Å². The first-order chi connectivity index (χ1) is 7.95. The quantitative estimate of drug-likeness (QED) is 0.756. The summed E-state index contributed by atoms with van der Waals surface area (Å²) in [5, 5.41) is 3.70. The van der Waals surface area contributed by atoms with Crippen LogP contribution in [-0.2, 0) is 12.7 Å². The molecule has 1 aromatic carbocycles. The summed E-state index contributed by atoms with van der Waals surface area (Å²) in [5.74, 6) is 0. The molecule has 0 radical (unpaired) electrons. The zero-order valence-corrected chi connectivity index (χ0v) is 10.7. The highest BCUT2D eigenvalue weighted by Gasteiger charge is 2.32. The molecule has 1 heterocycles. The third-order valence-corrected chi connectivity index (χ3v) is 2.94. The van der Waals surface area contributed by atoms with E-state index in [-0.39, 0.29) is 0 Å². The van der Waals surface area contributed by atoms with Crippen molar-refractivity contribution in [3.05, 3.63) is 51.4 Å². The van der Waals surface area contributed by atoms with Crippen molar-refractivity contribution >= 4 is 22.6 Å². The summed E-state index contributed by atoms with van der Waals surface area (Å²) in [4.78, 5) is 0. The number of nitrogens with zero attached hydrogens (tertiary/aromatic N) is 2. The first-order valence-corrected chi connectivity index (χ1v) is 5.87. The van der Waals surface area contributed by atoms with Crippen molar-refractivity contribution in [1.29, 1.82) is 0 Å². The summed E-state index contributed by atoms with van der Waals surface area (Å²) < 4.78 is 39.4. The Balaban J connectivity index is 2.14. The monoisotopic (exact) mass is 352 g/mol. The van der Waals surface area contributed by atoms with Gasteiger partial charge in [0, 0.05) is 9.77 Å². The molecule has 2 aromatic rings. The smallest absolute Gasteiger partial charge is 0.268 e. The molecule has 0 fully saturated rings. The summed E-state index contributed by atoms with van der Waals surface area (Å²) in [7, 11) is 0. The Bertz CT molecular complexity index is 502. The minimum absolute atomic E-state index is 0.340. The van der Waals surface area contributed by atoms with Gasteiger partial charge < -0.3 is 0 Å². The summed E-state index contributed by atoms with van der Waals surface area (Å²) in [6.45, 7) is 0.340. The van der Waals surface area contributed by atoms with Crippen molar-refractivity contribution in [2.45, 2.75) is 12.7 Å². The molecule has 2 rings (SSSR count). The lowest BCUT2D eigenvalue weighted by atomic mass is 10.2. The molecule has 0 aliphatic carbocycles. The lowest BCUT2D eigenvalue weighted by molar-refractivity contribution is -0.137. The predicted octanol–water partition coefficient (Wildman–Crippen LogP) is 3.55. The fourth-order valence-corrected chi connectivity index (χ4v) is 1.73. The molecule has 2 nitrogen and oxygen atoms in total. The number of halogens is 4. The van der Waals surface area contributed by atoms with Crippen LogP contribution in [0, 0.1) is 3.57 Å². The third-order valence-electron chi connectivity index (χ3n) is 2.22. The second-order valence-corrected chi connectivity index (χ2v) is 4.80. The van der Waals surface area contributed by atoms with Crippen molar-refractivity contribution in [2.75, 3.05) is 0 Å². The zero-order valence-electron chi connectivity index (χ0n) is 8.58. The minimum atomic E-state index is -4.33. The molecule has 6 heteroatoms. The van der Waals surface area contributed by atoms with Crippen molar-refractivity contribution < 1.29 is 13.2 Å². The molecule has 90 valence electrons. The van der Waals surface area contributed by atoms with Crippen molar-refractivity contribution in [3.8, 4) is 0 Å². The standard InChI is InChI=1S/C11H8F3IN2/c12-11(13,14)9-5-16-17(7-9)6-8-1-3-10(15)4-2-8/h1-5,7H,6H2. The minimum Gasteiger partial charge on any atom is -0.268 e. The van der Waals surface area contributed by atoms with Crippen LogP contribution < -0.4 is 0 Å². The van der Waals surface area contributed by atoms with Crippen LogP contribution >= 0.6 is 22.6 Å². The number of benzene rings is 1. The molecule has 17 heavy (non-hydrogen) atoms. The van der Waals surface area contributed by atoms with E-state index in [4.69, 9.17) is 0 Å². The van der Waals surface area contributed by atoms with E-state index >= 15 is 0 Å². The highest BCUT2D eigenvalue weighted by Crippen LogP contribution is 2.28. The SMILES string of the molecule is FC(F)(F)c1cnn(Cc2ccc(I)cc2)c1. The maximum Gasteiger partial charge on any atom is 0.419 e. The molecule has 0 aliphatic rings. The molecule has 0 unspecified atom stereocenters. The molecule has 0 spiro atoms. The predicted molar refractivity (Wildman–Crippen MR) is 65.5 cm³/mol. The van der Waals surface area contributed by atoms with Gasteiger partial charge in [-0.3, -0.25) is 4.68 Å². The van der Waals surface area contributed by atoms with Crippen LogP contribution in [0.1, 0.15) is 11.1 Å². The molecule has 0 N–H and O–H groups in total. The van der Waals surface area contributed by atoms with Gasteiger partial charge >= 0.3 is 6.18 Å². The first-order valence-electron chi connectivity index (χ1n) is 4.79. The lowest BCUT2D eigenvalue weighted by Gasteiger charge is -2.03. The van der Waals surface area contributed by atoms with Gasteiger partial charge in [0.1, 0.15) is 0 Å². The maximum atomic E-state index is 12.3. The molecule has 0 atom stereocenters. The molecule has 0 bridgehead atoms. The van der Waals surface area contributed by atoms with E-state index in [1.165, 1.54) is 4.68 Å². The van der Waals surface area contributed by atoms with Gasteiger partial charge in [0.2, 0.25) is 0 Å². The van der Waals surface area contributed by atoms with Crippen LogP contribution in [0.5, 0.6) is 0 Å².